The molecule has 0 aliphatic heterocycles. The zero-order valence-electron chi connectivity index (χ0n) is 16.1. The summed E-state index contributed by atoms with van der Waals surface area (Å²) in [4.78, 5) is 2.72. The second-order valence-electron chi connectivity index (χ2n) is 7.04. The van der Waals surface area contributed by atoms with Crippen LogP contribution < -0.4 is 10.6 Å². The molecular weight excluding hydrogens is 380 g/mol. The van der Waals surface area contributed by atoms with E-state index in [1.807, 2.05) is 55.6 Å². The lowest BCUT2D eigenvalue weighted by Crippen LogP contribution is -2.17. The van der Waals surface area contributed by atoms with Crippen molar-refractivity contribution in [3.63, 3.8) is 0 Å². The number of nitrogen functional groups attached to an aromatic ring is 1. The van der Waals surface area contributed by atoms with Crippen LogP contribution in [0.5, 0.6) is 0 Å². The van der Waals surface area contributed by atoms with Crippen LogP contribution in [0.3, 0.4) is 0 Å². The number of fused-ring (bicyclic) bond motifs is 1. The number of benzene rings is 4. The molecule has 0 saturated heterocycles. The van der Waals surface area contributed by atoms with Crippen LogP contribution in [0.4, 0.5) is 11.4 Å². The SMILES string of the molecule is CN(Cc1ccc(S(=O)(=O)c2ccccc2)cc1)c1cccc2cccc(N)c12. The maximum atomic E-state index is 12.7. The number of anilines is 2. The van der Waals surface area contributed by atoms with Crippen molar-refractivity contribution < 1.29 is 8.42 Å². The highest BCUT2D eigenvalue weighted by Gasteiger charge is 2.17. The van der Waals surface area contributed by atoms with E-state index >= 15 is 0 Å². The Labute approximate surface area is 171 Å². The topological polar surface area (TPSA) is 63.4 Å². The Morgan fingerprint density at radius 2 is 1.38 bits per heavy atom. The fraction of sp³-hybridized carbons (Fsp3) is 0.0833. The van der Waals surface area contributed by atoms with E-state index in [9.17, 15) is 8.42 Å². The number of hydrogen-bond donors (Lipinski definition) is 1. The molecule has 146 valence electrons. The van der Waals surface area contributed by atoms with Gasteiger partial charge in [-0.15, -0.1) is 0 Å². The third kappa shape index (κ3) is 3.69. The van der Waals surface area contributed by atoms with Crippen LogP contribution >= 0.6 is 0 Å². The van der Waals surface area contributed by atoms with Crippen LogP contribution in [-0.2, 0) is 16.4 Å². The van der Waals surface area contributed by atoms with Crippen molar-refractivity contribution in [2.24, 2.45) is 0 Å². The summed E-state index contributed by atoms with van der Waals surface area (Å²) in [5.41, 5.74) is 9.03. The molecule has 0 aliphatic rings. The first-order valence-corrected chi connectivity index (χ1v) is 10.8. The van der Waals surface area contributed by atoms with Crippen molar-refractivity contribution in [2.45, 2.75) is 16.3 Å². The van der Waals surface area contributed by atoms with Gasteiger partial charge in [0.15, 0.2) is 0 Å². The lowest BCUT2D eigenvalue weighted by atomic mass is 10.1. The Kier molecular flexibility index (Phi) is 4.99. The Bertz CT molecular complexity index is 1250. The summed E-state index contributed by atoms with van der Waals surface area (Å²) in [6.45, 7) is 0.638. The molecule has 0 heterocycles. The predicted molar refractivity (Wildman–Crippen MR) is 119 cm³/mol. The summed E-state index contributed by atoms with van der Waals surface area (Å²) < 4.78 is 25.5. The second-order valence-corrected chi connectivity index (χ2v) is 8.99. The number of rotatable bonds is 5. The quantitative estimate of drug-likeness (QED) is 0.483. The molecule has 4 aromatic carbocycles. The maximum Gasteiger partial charge on any atom is 0.206 e. The first-order chi connectivity index (χ1) is 14.0. The Morgan fingerprint density at radius 1 is 0.759 bits per heavy atom. The molecule has 0 atom stereocenters. The zero-order chi connectivity index (χ0) is 20.4. The summed E-state index contributed by atoms with van der Waals surface area (Å²) in [6.07, 6.45) is 0. The van der Waals surface area contributed by atoms with Crippen LogP contribution in [0.15, 0.2) is 101 Å². The van der Waals surface area contributed by atoms with Crippen LogP contribution in [0.25, 0.3) is 10.8 Å². The molecule has 0 bridgehead atoms. The average molecular weight is 403 g/mol. The Morgan fingerprint density at radius 3 is 2.07 bits per heavy atom. The first kappa shape index (κ1) is 19.0. The molecule has 2 N–H and O–H groups in total. The second kappa shape index (κ2) is 7.60. The predicted octanol–water partition coefficient (Wildman–Crippen LogP) is 4.89. The van der Waals surface area contributed by atoms with Crippen molar-refractivity contribution in [1.82, 2.24) is 0 Å². The lowest BCUT2D eigenvalue weighted by molar-refractivity contribution is 0.596. The van der Waals surface area contributed by atoms with E-state index < -0.39 is 9.84 Å². The summed E-state index contributed by atoms with van der Waals surface area (Å²) in [7, 11) is -1.49. The maximum absolute atomic E-state index is 12.7. The molecule has 0 fully saturated rings. The summed E-state index contributed by atoms with van der Waals surface area (Å²) in [6, 6.07) is 27.6. The van der Waals surface area contributed by atoms with E-state index in [0.717, 1.165) is 27.7 Å². The van der Waals surface area contributed by atoms with E-state index in [0.29, 0.717) is 16.3 Å². The highest BCUT2D eigenvalue weighted by Crippen LogP contribution is 2.31. The third-order valence-electron chi connectivity index (χ3n) is 5.03. The molecule has 4 nitrogen and oxygen atoms in total. The minimum atomic E-state index is -3.50. The van der Waals surface area contributed by atoms with Gasteiger partial charge in [0.2, 0.25) is 9.84 Å². The van der Waals surface area contributed by atoms with Gasteiger partial charge in [0.1, 0.15) is 0 Å². The van der Waals surface area contributed by atoms with Crippen molar-refractivity contribution in [3.05, 3.63) is 96.6 Å². The Hall–Kier alpha value is -3.31. The fourth-order valence-electron chi connectivity index (χ4n) is 3.54. The smallest absolute Gasteiger partial charge is 0.206 e. The minimum Gasteiger partial charge on any atom is -0.398 e. The standard InChI is InChI=1S/C24H22N2O2S/c1-26(23-12-6-8-19-7-5-11-22(25)24(19)23)17-18-13-15-21(16-14-18)29(27,28)20-9-3-2-4-10-20/h2-16H,17,25H2,1H3. The van der Waals surface area contributed by atoms with Gasteiger partial charge in [-0.05, 0) is 47.3 Å². The van der Waals surface area contributed by atoms with E-state index in [4.69, 9.17) is 5.73 Å². The van der Waals surface area contributed by atoms with E-state index in [1.165, 1.54) is 0 Å². The molecule has 0 unspecified atom stereocenters. The van der Waals surface area contributed by atoms with Gasteiger partial charge < -0.3 is 10.6 Å². The lowest BCUT2D eigenvalue weighted by Gasteiger charge is -2.22. The van der Waals surface area contributed by atoms with Crippen LogP contribution in [-0.4, -0.2) is 15.5 Å². The molecule has 0 radical (unpaired) electrons. The highest BCUT2D eigenvalue weighted by molar-refractivity contribution is 7.91. The largest absolute Gasteiger partial charge is 0.398 e. The number of sulfone groups is 1. The minimum absolute atomic E-state index is 0.296. The van der Waals surface area contributed by atoms with Crippen molar-refractivity contribution in [2.75, 3.05) is 17.7 Å². The monoisotopic (exact) mass is 402 g/mol. The van der Waals surface area contributed by atoms with Gasteiger partial charge in [0.05, 0.1) is 9.79 Å². The van der Waals surface area contributed by atoms with E-state index in [-0.39, 0.29) is 0 Å². The fourth-order valence-corrected chi connectivity index (χ4v) is 4.82. The first-order valence-electron chi connectivity index (χ1n) is 9.34. The van der Waals surface area contributed by atoms with Crippen LogP contribution in [0.2, 0.25) is 0 Å². The molecule has 0 aliphatic carbocycles. The van der Waals surface area contributed by atoms with Crippen molar-refractivity contribution in [3.8, 4) is 0 Å². The molecule has 0 saturated carbocycles. The van der Waals surface area contributed by atoms with E-state index in [2.05, 4.69) is 4.90 Å². The molecule has 5 heteroatoms. The molecular formula is C24H22N2O2S. The molecule has 4 aromatic rings. The average Bonchev–Trinajstić information content (AvgIpc) is 2.74. The third-order valence-corrected chi connectivity index (χ3v) is 6.82. The van der Waals surface area contributed by atoms with Gasteiger partial charge in [-0.3, -0.25) is 0 Å². The Balaban J connectivity index is 1.60. The zero-order valence-corrected chi connectivity index (χ0v) is 16.9. The van der Waals surface area contributed by atoms with Crippen LogP contribution in [0.1, 0.15) is 5.56 Å². The van der Waals surface area contributed by atoms with Crippen LogP contribution in [0, 0.1) is 0 Å². The van der Waals surface area contributed by atoms with Gasteiger partial charge in [-0.1, -0.05) is 54.6 Å². The van der Waals surface area contributed by atoms with Gasteiger partial charge in [0, 0.05) is 30.4 Å². The van der Waals surface area contributed by atoms with Gasteiger partial charge in [-0.2, -0.15) is 0 Å². The number of hydrogen-bond acceptors (Lipinski definition) is 4. The normalized spacial score (nSPS) is 11.5. The van der Waals surface area contributed by atoms with Gasteiger partial charge in [0.25, 0.3) is 0 Å². The molecule has 29 heavy (non-hydrogen) atoms. The summed E-state index contributed by atoms with van der Waals surface area (Å²) in [5, 5.41) is 2.12. The molecule has 0 aromatic heterocycles. The molecule has 4 rings (SSSR count). The van der Waals surface area contributed by atoms with Gasteiger partial charge >= 0.3 is 0 Å². The van der Waals surface area contributed by atoms with Gasteiger partial charge in [-0.25, -0.2) is 8.42 Å². The van der Waals surface area contributed by atoms with Crippen molar-refractivity contribution in [1.29, 1.82) is 0 Å². The summed E-state index contributed by atoms with van der Waals surface area (Å²) >= 11 is 0. The molecule has 0 amide bonds. The summed E-state index contributed by atoms with van der Waals surface area (Å²) in [5.74, 6) is 0. The van der Waals surface area contributed by atoms with E-state index in [1.54, 1.807) is 42.5 Å². The highest BCUT2D eigenvalue weighted by atomic mass is 32.2. The number of nitrogens with two attached hydrogens (primary N) is 1. The van der Waals surface area contributed by atoms with Crippen molar-refractivity contribution >= 4 is 32.0 Å². The molecule has 0 spiro atoms. The number of nitrogens with zero attached hydrogens (tertiary/aromatic N) is 1.